The lowest BCUT2D eigenvalue weighted by atomic mass is 9.87. The van der Waals surface area contributed by atoms with E-state index in [1.165, 1.54) is 48.7 Å². The number of nitrogens with zero attached hydrogens (tertiary/aromatic N) is 3. The van der Waals surface area contributed by atoms with Gasteiger partial charge < -0.3 is 0 Å². The molecule has 0 saturated heterocycles. The van der Waals surface area contributed by atoms with E-state index in [0.29, 0.717) is 17.5 Å². The second-order valence-corrected chi connectivity index (χ2v) is 13.1. The first-order valence-electron chi connectivity index (χ1n) is 17.6. The maximum absolute atomic E-state index is 5.12. The smallest absolute Gasteiger partial charge is 0.164 e. The molecule has 3 nitrogen and oxygen atoms in total. The van der Waals surface area contributed by atoms with Gasteiger partial charge in [0.05, 0.1) is 0 Å². The lowest BCUT2D eigenvalue weighted by Gasteiger charge is -2.16. The van der Waals surface area contributed by atoms with Gasteiger partial charge in [-0.25, -0.2) is 15.0 Å². The maximum atomic E-state index is 5.12. The number of hydrogen-bond acceptors (Lipinski definition) is 3. The zero-order chi connectivity index (χ0) is 34.4. The Balaban J connectivity index is 1.15. The van der Waals surface area contributed by atoms with Crippen molar-refractivity contribution < 1.29 is 0 Å². The van der Waals surface area contributed by atoms with E-state index >= 15 is 0 Å². The van der Waals surface area contributed by atoms with Gasteiger partial charge in [0.1, 0.15) is 0 Å². The molecule has 0 spiro atoms. The number of aromatic nitrogens is 3. The normalized spacial score (nSPS) is 11.5. The molecule has 0 atom stereocenters. The van der Waals surface area contributed by atoms with E-state index in [9.17, 15) is 0 Å². The van der Waals surface area contributed by atoms with Crippen molar-refractivity contribution in [1.82, 2.24) is 15.0 Å². The van der Waals surface area contributed by atoms with Crippen LogP contribution < -0.4 is 0 Å². The molecule has 1 aromatic heterocycles. The van der Waals surface area contributed by atoms with Crippen molar-refractivity contribution in [3.05, 3.63) is 188 Å². The third-order valence-corrected chi connectivity index (χ3v) is 10.1. The first-order valence-corrected chi connectivity index (χ1v) is 17.6. The summed E-state index contributed by atoms with van der Waals surface area (Å²) in [7, 11) is 0. The Morgan fingerprint density at radius 1 is 0.231 bits per heavy atom. The molecule has 52 heavy (non-hydrogen) atoms. The van der Waals surface area contributed by atoms with Crippen LogP contribution in [-0.2, 0) is 0 Å². The van der Waals surface area contributed by atoms with Crippen molar-refractivity contribution in [2.45, 2.75) is 0 Å². The van der Waals surface area contributed by atoms with Gasteiger partial charge in [-0.05, 0) is 71.4 Å². The van der Waals surface area contributed by atoms with E-state index in [0.717, 1.165) is 33.4 Å². The fraction of sp³-hybridized carbons (Fsp3) is 0. The first-order chi connectivity index (χ1) is 25.8. The molecule has 0 fully saturated rings. The molecule has 0 aliphatic rings. The molecule has 0 amide bonds. The summed E-state index contributed by atoms with van der Waals surface area (Å²) in [4.78, 5) is 15.2. The topological polar surface area (TPSA) is 38.7 Å². The first kappa shape index (κ1) is 29.9. The molecule has 0 aliphatic heterocycles. The van der Waals surface area contributed by atoms with Crippen LogP contribution in [0.4, 0.5) is 0 Å². The van der Waals surface area contributed by atoms with Crippen LogP contribution in [0.3, 0.4) is 0 Å². The van der Waals surface area contributed by atoms with Crippen molar-refractivity contribution in [2.75, 3.05) is 0 Å². The Kier molecular flexibility index (Phi) is 7.14. The molecule has 10 aromatic rings. The highest BCUT2D eigenvalue weighted by molar-refractivity contribution is 6.33. The predicted octanol–water partition coefficient (Wildman–Crippen LogP) is 12.8. The van der Waals surface area contributed by atoms with Crippen molar-refractivity contribution in [3.8, 4) is 56.4 Å². The summed E-state index contributed by atoms with van der Waals surface area (Å²) in [5.74, 6) is 1.93. The zero-order valence-corrected chi connectivity index (χ0v) is 28.2. The maximum Gasteiger partial charge on any atom is 0.164 e. The average molecular weight is 662 g/mol. The molecule has 0 unspecified atom stereocenters. The van der Waals surface area contributed by atoms with Crippen LogP contribution >= 0.6 is 0 Å². The fourth-order valence-corrected chi connectivity index (χ4v) is 7.69. The molecule has 0 saturated carbocycles. The summed E-state index contributed by atoms with van der Waals surface area (Å²) in [6.45, 7) is 0. The summed E-state index contributed by atoms with van der Waals surface area (Å²) in [6.07, 6.45) is 0. The van der Waals surface area contributed by atoms with Crippen LogP contribution in [0.1, 0.15) is 0 Å². The number of fused-ring (bicyclic) bond motifs is 8. The number of rotatable bonds is 5. The minimum absolute atomic E-state index is 0.638. The van der Waals surface area contributed by atoms with Crippen molar-refractivity contribution in [2.24, 2.45) is 0 Å². The minimum Gasteiger partial charge on any atom is -0.208 e. The Labute approximate surface area is 301 Å². The van der Waals surface area contributed by atoms with Crippen molar-refractivity contribution in [1.29, 1.82) is 0 Å². The highest BCUT2D eigenvalue weighted by Crippen LogP contribution is 2.43. The third kappa shape index (κ3) is 5.02. The highest BCUT2D eigenvalue weighted by Gasteiger charge is 2.17. The highest BCUT2D eigenvalue weighted by atomic mass is 15.0. The SMILES string of the molecule is c1ccc(-c2nc(-c3ccc(-c4cc5c6ccccc6c6ccccc6c5c5ccccc45)cc3)nc(-c3ccccc3-c3ccccc3)n2)cc1. The van der Waals surface area contributed by atoms with Gasteiger partial charge in [0.15, 0.2) is 17.5 Å². The van der Waals surface area contributed by atoms with Gasteiger partial charge in [-0.2, -0.15) is 0 Å². The quantitative estimate of drug-likeness (QED) is 0.172. The largest absolute Gasteiger partial charge is 0.208 e. The molecular weight excluding hydrogens is 631 g/mol. The Morgan fingerprint density at radius 3 is 1.25 bits per heavy atom. The van der Waals surface area contributed by atoms with Gasteiger partial charge in [-0.3, -0.25) is 0 Å². The summed E-state index contributed by atoms with van der Waals surface area (Å²) in [6, 6.07) is 66.3. The van der Waals surface area contributed by atoms with E-state index in [-0.39, 0.29) is 0 Å². The third-order valence-electron chi connectivity index (χ3n) is 10.1. The standard InChI is InChI=1S/C49H31N3/c1-3-15-32(16-4-1)36-19-7-14-26-43(36)49-51-47(34-17-5-2-6-18-34)50-48(52-49)35-29-27-33(28-30-35)44-31-45-39-22-9-8-20-37(39)38-21-10-12-24-41(38)46(45)42-25-13-11-23-40(42)44/h1-31H. The fourth-order valence-electron chi connectivity index (χ4n) is 7.69. The molecule has 3 heteroatoms. The summed E-state index contributed by atoms with van der Waals surface area (Å²) < 4.78 is 0. The molecule has 1 heterocycles. The van der Waals surface area contributed by atoms with Gasteiger partial charge in [0.25, 0.3) is 0 Å². The number of hydrogen-bond donors (Lipinski definition) is 0. The van der Waals surface area contributed by atoms with Gasteiger partial charge in [-0.15, -0.1) is 0 Å². The van der Waals surface area contributed by atoms with E-state index < -0.39 is 0 Å². The van der Waals surface area contributed by atoms with Gasteiger partial charge in [0.2, 0.25) is 0 Å². The second-order valence-electron chi connectivity index (χ2n) is 13.1. The minimum atomic E-state index is 0.638. The zero-order valence-electron chi connectivity index (χ0n) is 28.2. The van der Waals surface area contributed by atoms with Crippen molar-refractivity contribution >= 4 is 43.1 Å². The van der Waals surface area contributed by atoms with E-state index in [2.05, 4.69) is 146 Å². The molecule has 10 rings (SSSR count). The van der Waals surface area contributed by atoms with E-state index in [1.807, 2.05) is 42.5 Å². The Bertz CT molecular complexity index is 2930. The molecular formula is C49H31N3. The monoisotopic (exact) mass is 661 g/mol. The van der Waals surface area contributed by atoms with Gasteiger partial charge in [-0.1, -0.05) is 182 Å². The molecule has 0 aliphatic carbocycles. The Morgan fingerprint density at radius 2 is 0.615 bits per heavy atom. The average Bonchev–Trinajstić information content (AvgIpc) is 3.24. The van der Waals surface area contributed by atoms with Gasteiger partial charge >= 0.3 is 0 Å². The van der Waals surface area contributed by atoms with Crippen LogP contribution in [-0.4, -0.2) is 15.0 Å². The summed E-state index contributed by atoms with van der Waals surface area (Å²) in [5.41, 5.74) is 7.40. The second kappa shape index (κ2) is 12.4. The molecule has 0 bridgehead atoms. The molecule has 242 valence electrons. The van der Waals surface area contributed by atoms with Crippen LogP contribution in [0.25, 0.3) is 99.5 Å². The molecule has 9 aromatic carbocycles. The van der Waals surface area contributed by atoms with E-state index in [1.54, 1.807) is 0 Å². The Hall–Kier alpha value is -6.97. The molecule has 0 radical (unpaired) electrons. The van der Waals surface area contributed by atoms with Crippen LogP contribution in [0.2, 0.25) is 0 Å². The lowest BCUT2D eigenvalue weighted by Crippen LogP contribution is -2.01. The summed E-state index contributed by atoms with van der Waals surface area (Å²) in [5, 5.41) is 10.2. The predicted molar refractivity (Wildman–Crippen MR) is 217 cm³/mol. The van der Waals surface area contributed by atoms with Gasteiger partial charge in [0, 0.05) is 16.7 Å². The summed E-state index contributed by atoms with van der Waals surface area (Å²) >= 11 is 0. The molecule has 0 N–H and O–H groups in total. The van der Waals surface area contributed by atoms with Crippen LogP contribution in [0, 0.1) is 0 Å². The van der Waals surface area contributed by atoms with Crippen LogP contribution in [0.15, 0.2) is 188 Å². The van der Waals surface area contributed by atoms with Crippen LogP contribution in [0.5, 0.6) is 0 Å². The van der Waals surface area contributed by atoms with E-state index in [4.69, 9.17) is 15.0 Å². The lowest BCUT2D eigenvalue weighted by molar-refractivity contribution is 1.07. The number of benzene rings is 9. The van der Waals surface area contributed by atoms with Crippen molar-refractivity contribution in [3.63, 3.8) is 0 Å².